The van der Waals surface area contributed by atoms with Crippen LogP contribution >= 0.6 is 0 Å². The van der Waals surface area contributed by atoms with E-state index >= 15 is 0 Å². The van der Waals surface area contributed by atoms with Crippen molar-refractivity contribution in [1.82, 2.24) is 0 Å². The third-order valence-corrected chi connectivity index (χ3v) is 1.61. The Balaban J connectivity index is 2.88. The van der Waals surface area contributed by atoms with E-state index in [9.17, 15) is 0 Å². The molecule has 9 heavy (non-hydrogen) atoms. The zero-order chi connectivity index (χ0) is 7.11. The van der Waals surface area contributed by atoms with E-state index in [-0.39, 0.29) is 0 Å². The van der Waals surface area contributed by atoms with Gasteiger partial charge in [0.05, 0.1) is 0 Å². The van der Waals surface area contributed by atoms with E-state index in [1.165, 1.54) is 25.7 Å². The fourth-order valence-corrected chi connectivity index (χ4v) is 0.834. The lowest BCUT2D eigenvalue weighted by atomic mass is 10.0. The van der Waals surface area contributed by atoms with E-state index in [1.807, 2.05) is 0 Å². The van der Waals surface area contributed by atoms with E-state index in [0.717, 1.165) is 0 Å². The summed E-state index contributed by atoms with van der Waals surface area (Å²) in [6.07, 6.45) is 5.05. The van der Waals surface area contributed by atoms with Crippen LogP contribution in [0.25, 0.3) is 0 Å². The fourth-order valence-electron chi connectivity index (χ4n) is 0.834. The summed E-state index contributed by atoms with van der Waals surface area (Å²) < 4.78 is 0. The lowest BCUT2D eigenvalue weighted by Crippen LogP contribution is -1.99. The average Bonchev–Trinajstić information content (AvgIpc) is 1.89. The van der Waals surface area contributed by atoms with Gasteiger partial charge in [0.15, 0.2) is 0 Å². The van der Waals surface area contributed by atoms with Crippen LogP contribution in [-0.2, 0) is 0 Å². The van der Waals surface area contributed by atoms with Crippen LogP contribution in [0.5, 0.6) is 0 Å². The molecule has 1 N–H and O–H groups in total. The fraction of sp³-hybridized carbons (Fsp3) is 1.00. The molecule has 0 aliphatic rings. The number of aliphatic hydroxyl groups excluding tert-OH is 1. The molecule has 1 nitrogen and oxygen atoms in total. The monoisotopic (exact) mass is 130 g/mol. The molecule has 0 aromatic rings. The highest BCUT2D eigenvalue weighted by Crippen LogP contribution is 2.07. The van der Waals surface area contributed by atoms with Gasteiger partial charge < -0.3 is 5.11 Å². The second-order valence-corrected chi connectivity index (χ2v) is 2.78. The van der Waals surface area contributed by atoms with Crippen molar-refractivity contribution in [3.05, 3.63) is 0 Å². The molecule has 0 aromatic carbocycles. The number of aliphatic hydroxyl groups is 1. The SMILES string of the molecule is CCCCC[C@H](C)CO. The molecule has 1 atom stereocenters. The van der Waals surface area contributed by atoms with Crippen LogP contribution < -0.4 is 0 Å². The Kier molecular flexibility index (Phi) is 6.06. The van der Waals surface area contributed by atoms with Gasteiger partial charge in [0, 0.05) is 6.61 Å². The van der Waals surface area contributed by atoms with Crippen molar-refractivity contribution in [3.63, 3.8) is 0 Å². The van der Waals surface area contributed by atoms with Crippen LogP contribution in [-0.4, -0.2) is 11.7 Å². The average molecular weight is 130 g/mol. The van der Waals surface area contributed by atoms with Crippen molar-refractivity contribution in [2.24, 2.45) is 5.92 Å². The van der Waals surface area contributed by atoms with E-state index in [4.69, 9.17) is 5.11 Å². The molecule has 0 saturated carbocycles. The van der Waals surface area contributed by atoms with Gasteiger partial charge in [0.2, 0.25) is 0 Å². The van der Waals surface area contributed by atoms with Gasteiger partial charge in [0.1, 0.15) is 0 Å². The Morgan fingerprint density at radius 2 is 2.00 bits per heavy atom. The van der Waals surface area contributed by atoms with Gasteiger partial charge in [-0.2, -0.15) is 0 Å². The van der Waals surface area contributed by atoms with Crippen molar-refractivity contribution in [1.29, 1.82) is 0 Å². The molecule has 1 heteroatoms. The Hall–Kier alpha value is -0.0400. The lowest BCUT2D eigenvalue weighted by molar-refractivity contribution is 0.227. The quantitative estimate of drug-likeness (QED) is 0.566. The number of rotatable bonds is 5. The molecule has 0 aliphatic heterocycles. The van der Waals surface area contributed by atoms with Crippen LogP contribution in [0.1, 0.15) is 39.5 Å². The van der Waals surface area contributed by atoms with Crippen molar-refractivity contribution < 1.29 is 5.11 Å². The summed E-state index contributed by atoms with van der Waals surface area (Å²) in [5.41, 5.74) is 0. The molecule has 0 aliphatic carbocycles. The number of unbranched alkanes of at least 4 members (excludes halogenated alkanes) is 2. The van der Waals surface area contributed by atoms with Gasteiger partial charge in [0.25, 0.3) is 0 Å². The van der Waals surface area contributed by atoms with Gasteiger partial charge in [-0.25, -0.2) is 0 Å². The van der Waals surface area contributed by atoms with Crippen molar-refractivity contribution in [2.45, 2.75) is 39.5 Å². The molecule has 0 aromatic heterocycles. The molecule has 0 saturated heterocycles. The molecule has 0 unspecified atom stereocenters. The molecule has 0 radical (unpaired) electrons. The summed E-state index contributed by atoms with van der Waals surface area (Å²) in [5, 5.41) is 8.63. The maximum atomic E-state index is 8.63. The van der Waals surface area contributed by atoms with Gasteiger partial charge in [-0.3, -0.25) is 0 Å². The normalized spacial score (nSPS) is 13.7. The number of hydrogen-bond donors (Lipinski definition) is 1. The highest BCUT2D eigenvalue weighted by Gasteiger charge is 1.96. The minimum Gasteiger partial charge on any atom is -0.396 e. The lowest BCUT2D eigenvalue weighted by Gasteiger charge is -2.04. The van der Waals surface area contributed by atoms with Crippen LogP contribution in [0.3, 0.4) is 0 Å². The summed E-state index contributed by atoms with van der Waals surface area (Å²) in [5.74, 6) is 0.511. The minimum absolute atomic E-state index is 0.351. The first-order valence-corrected chi connectivity index (χ1v) is 3.92. The van der Waals surface area contributed by atoms with Gasteiger partial charge in [-0.05, 0) is 12.3 Å². The predicted molar refractivity (Wildman–Crippen MR) is 40.4 cm³/mol. The van der Waals surface area contributed by atoms with Gasteiger partial charge in [-0.15, -0.1) is 0 Å². The molecular weight excluding hydrogens is 112 g/mol. The van der Waals surface area contributed by atoms with E-state index in [2.05, 4.69) is 13.8 Å². The summed E-state index contributed by atoms with van der Waals surface area (Å²) >= 11 is 0. The van der Waals surface area contributed by atoms with Crippen LogP contribution in [0.15, 0.2) is 0 Å². The van der Waals surface area contributed by atoms with Crippen molar-refractivity contribution >= 4 is 0 Å². The molecule has 0 bridgehead atoms. The largest absolute Gasteiger partial charge is 0.396 e. The Morgan fingerprint density at radius 1 is 1.33 bits per heavy atom. The first kappa shape index (κ1) is 8.96. The zero-order valence-corrected chi connectivity index (χ0v) is 6.56. The molecule has 0 amide bonds. The molecule has 0 spiro atoms. The molecule has 56 valence electrons. The summed E-state index contributed by atoms with van der Waals surface area (Å²) in [4.78, 5) is 0. The number of hydrogen-bond acceptors (Lipinski definition) is 1. The Bertz CT molecular complexity index is 52.5. The molecular formula is C8H18O. The summed E-state index contributed by atoms with van der Waals surface area (Å²) in [6, 6.07) is 0. The topological polar surface area (TPSA) is 20.2 Å². The highest BCUT2D eigenvalue weighted by atomic mass is 16.3. The predicted octanol–water partition coefficient (Wildman–Crippen LogP) is 2.20. The Morgan fingerprint density at radius 3 is 2.44 bits per heavy atom. The Labute approximate surface area is 58.1 Å². The van der Waals surface area contributed by atoms with Crippen LogP contribution in [0, 0.1) is 5.92 Å². The molecule has 0 heterocycles. The molecule has 0 fully saturated rings. The van der Waals surface area contributed by atoms with E-state index < -0.39 is 0 Å². The smallest absolute Gasteiger partial charge is 0.0456 e. The zero-order valence-electron chi connectivity index (χ0n) is 6.56. The van der Waals surface area contributed by atoms with Gasteiger partial charge >= 0.3 is 0 Å². The van der Waals surface area contributed by atoms with Crippen molar-refractivity contribution in [2.75, 3.05) is 6.61 Å². The maximum absolute atomic E-state index is 8.63. The molecule has 0 rings (SSSR count). The summed E-state index contributed by atoms with van der Waals surface area (Å²) in [6.45, 7) is 4.64. The first-order chi connectivity index (χ1) is 4.31. The second-order valence-electron chi connectivity index (χ2n) is 2.78. The van der Waals surface area contributed by atoms with Gasteiger partial charge in [-0.1, -0.05) is 33.1 Å². The first-order valence-electron chi connectivity index (χ1n) is 3.92. The summed E-state index contributed by atoms with van der Waals surface area (Å²) in [7, 11) is 0. The minimum atomic E-state index is 0.351. The maximum Gasteiger partial charge on any atom is 0.0456 e. The van der Waals surface area contributed by atoms with E-state index in [0.29, 0.717) is 12.5 Å². The highest BCUT2D eigenvalue weighted by molar-refractivity contribution is 4.49. The van der Waals surface area contributed by atoms with E-state index in [1.54, 1.807) is 0 Å². The van der Waals surface area contributed by atoms with Crippen molar-refractivity contribution in [3.8, 4) is 0 Å². The third-order valence-electron chi connectivity index (χ3n) is 1.61. The van der Waals surface area contributed by atoms with Crippen LogP contribution in [0.4, 0.5) is 0 Å². The second kappa shape index (κ2) is 6.09. The standard InChI is InChI=1S/C8H18O/c1-3-4-5-6-8(2)7-9/h8-9H,3-7H2,1-2H3/t8-/m0/s1. The van der Waals surface area contributed by atoms with Crippen LogP contribution in [0.2, 0.25) is 0 Å². The third kappa shape index (κ3) is 5.84.